The van der Waals surface area contributed by atoms with Gasteiger partial charge in [0.2, 0.25) is 0 Å². The van der Waals surface area contributed by atoms with E-state index in [2.05, 4.69) is 15.9 Å². The number of fused-ring (bicyclic) bond motifs is 2. The molecule has 1 aromatic rings. The Labute approximate surface area is 127 Å². The lowest BCUT2D eigenvalue weighted by Gasteiger charge is -2.36. The zero-order valence-corrected chi connectivity index (χ0v) is 13.2. The molecule has 108 valence electrons. The quantitative estimate of drug-likeness (QED) is 0.853. The highest BCUT2D eigenvalue weighted by molar-refractivity contribution is 9.10. The van der Waals surface area contributed by atoms with Crippen LogP contribution in [0.3, 0.4) is 0 Å². The molecule has 1 fully saturated rings. The van der Waals surface area contributed by atoms with Crippen molar-refractivity contribution in [2.75, 3.05) is 13.2 Å². The Hall–Kier alpha value is -0.740. The second-order valence-corrected chi connectivity index (χ2v) is 7.01. The molecule has 3 nitrogen and oxygen atoms in total. The smallest absolute Gasteiger partial charge is 0.137 e. The maximum Gasteiger partial charge on any atom is 0.137 e. The Bertz CT molecular complexity index is 529. The first-order valence-electron chi connectivity index (χ1n) is 7.63. The minimum absolute atomic E-state index is 0.217. The number of rotatable bonds is 1. The zero-order chi connectivity index (χ0) is 13.7. The van der Waals surface area contributed by atoms with Gasteiger partial charge in [0.25, 0.3) is 0 Å². The summed E-state index contributed by atoms with van der Waals surface area (Å²) in [6, 6.07) is 0. The summed E-state index contributed by atoms with van der Waals surface area (Å²) in [5.74, 6) is 2.09. The van der Waals surface area contributed by atoms with Gasteiger partial charge in [0.1, 0.15) is 11.5 Å². The molecule has 2 N–H and O–H groups in total. The van der Waals surface area contributed by atoms with Crippen molar-refractivity contribution < 1.29 is 9.47 Å². The molecule has 0 aromatic heterocycles. The van der Waals surface area contributed by atoms with Crippen molar-refractivity contribution in [1.82, 2.24) is 0 Å². The monoisotopic (exact) mass is 337 g/mol. The fraction of sp³-hybridized carbons (Fsp3) is 0.625. The van der Waals surface area contributed by atoms with Crippen LogP contribution in [0.5, 0.6) is 11.5 Å². The number of hydrogen-bond acceptors (Lipinski definition) is 3. The topological polar surface area (TPSA) is 44.5 Å². The van der Waals surface area contributed by atoms with Gasteiger partial charge in [0, 0.05) is 35.1 Å². The highest BCUT2D eigenvalue weighted by Crippen LogP contribution is 2.52. The van der Waals surface area contributed by atoms with Crippen molar-refractivity contribution >= 4 is 15.9 Å². The van der Waals surface area contributed by atoms with E-state index in [9.17, 15) is 0 Å². The highest BCUT2D eigenvalue weighted by atomic mass is 79.9. The van der Waals surface area contributed by atoms with Gasteiger partial charge < -0.3 is 15.2 Å². The first-order chi connectivity index (χ1) is 9.71. The van der Waals surface area contributed by atoms with Crippen molar-refractivity contribution in [3.63, 3.8) is 0 Å². The minimum atomic E-state index is -0.217. The van der Waals surface area contributed by atoms with Crippen molar-refractivity contribution in [3.8, 4) is 11.5 Å². The molecule has 1 saturated carbocycles. The van der Waals surface area contributed by atoms with Crippen molar-refractivity contribution in [1.29, 1.82) is 0 Å². The van der Waals surface area contributed by atoms with Crippen LogP contribution in [0.2, 0.25) is 0 Å². The SMILES string of the molecule is NC1(c2c3c(c(Br)c4c2OCC4)OCC3)CCCCC1. The number of halogens is 1. The summed E-state index contributed by atoms with van der Waals surface area (Å²) in [6.07, 6.45) is 7.79. The van der Waals surface area contributed by atoms with Crippen LogP contribution < -0.4 is 15.2 Å². The van der Waals surface area contributed by atoms with E-state index in [1.54, 1.807) is 0 Å². The summed E-state index contributed by atoms with van der Waals surface area (Å²) in [7, 11) is 0. The predicted molar refractivity (Wildman–Crippen MR) is 81.5 cm³/mol. The van der Waals surface area contributed by atoms with E-state index in [1.807, 2.05) is 0 Å². The van der Waals surface area contributed by atoms with Crippen LogP contribution in [0.1, 0.15) is 48.8 Å². The van der Waals surface area contributed by atoms with Gasteiger partial charge in [-0.15, -0.1) is 0 Å². The summed E-state index contributed by atoms with van der Waals surface area (Å²) in [4.78, 5) is 0. The Balaban J connectivity index is 1.95. The largest absolute Gasteiger partial charge is 0.493 e. The van der Waals surface area contributed by atoms with Crippen molar-refractivity contribution in [2.45, 2.75) is 50.5 Å². The molecule has 1 aliphatic carbocycles. The second kappa shape index (κ2) is 4.63. The molecule has 3 aliphatic rings. The average Bonchev–Trinajstić information content (AvgIpc) is 3.08. The van der Waals surface area contributed by atoms with Crippen LogP contribution >= 0.6 is 15.9 Å². The molecule has 0 atom stereocenters. The van der Waals surface area contributed by atoms with E-state index in [0.29, 0.717) is 0 Å². The molecular formula is C16H20BrNO2. The van der Waals surface area contributed by atoms with Crippen LogP contribution in [0.25, 0.3) is 0 Å². The summed E-state index contributed by atoms with van der Waals surface area (Å²) >= 11 is 3.71. The number of ether oxygens (including phenoxy) is 2. The van der Waals surface area contributed by atoms with Crippen LogP contribution in [0.4, 0.5) is 0 Å². The van der Waals surface area contributed by atoms with Gasteiger partial charge in [0.05, 0.1) is 17.7 Å². The van der Waals surface area contributed by atoms with Crippen molar-refractivity contribution in [2.24, 2.45) is 5.73 Å². The molecule has 4 heteroatoms. The van der Waals surface area contributed by atoms with Gasteiger partial charge >= 0.3 is 0 Å². The summed E-state index contributed by atoms with van der Waals surface area (Å²) in [6.45, 7) is 1.53. The van der Waals surface area contributed by atoms with E-state index >= 15 is 0 Å². The third-order valence-corrected chi connectivity index (χ3v) is 5.82. The van der Waals surface area contributed by atoms with E-state index in [1.165, 1.54) is 36.0 Å². The van der Waals surface area contributed by atoms with E-state index in [4.69, 9.17) is 15.2 Å². The van der Waals surface area contributed by atoms with Gasteiger partial charge in [-0.05, 0) is 28.8 Å². The van der Waals surface area contributed by atoms with E-state index in [0.717, 1.165) is 54.9 Å². The van der Waals surface area contributed by atoms with Gasteiger partial charge in [-0.2, -0.15) is 0 Å². The van der Waals surface area contributed by atoms with Crippen molar-refractivity contribution in [3.05, 3.63) is 21.2 Å². The Kier molecular flexibility index (Phi) is 3.00. The third-order valence-electron chi connectivity index (χ3n) is 4.98. The molecule has 4 rings (SSSR count). The zero-order valence-electron chi connectivity index (χ0n) is 11.6. The first-order valence-corrected chi connectivity index (χ1v) is 8.42. The van der Waals surface area contributed by atoms with Gasteiger partial charge in [-0.3, -0.25) is 0 Å². The molecular weight excluding hydrogens is 318 g/mol. The standard InChI is InChI=1S/C16H20BrNO2/c17-13-11-5-9-19-14(11)12(10-4-8-20-15(10)13)16(18)6-2-1-3-7-16/h1-9,18H2. The first kappa shape index (κ1) is 13.0. The van der Waals surface area contributed by atoms with Crippen LogP contribution in [0.15, 0.2) is 4.47 Å². The predicted octanol–water partition coefficient (Wildman–Crippen LogP) is 3.44. The lowest BCUT2D eigenvalue weighted by atomic mass is 9.74. The van der Waals surface area contributed by atoms with Gasteiger partial charge in [-0.25, -0.2) is 0 Å². The molecule has 2 aliphatic heterocycles. The summed E-state index contributed by atoms with van der Waals surface area (Å²) in [5, 5.41) is 0. The summed E-state index contributed by atoms with van der Waals surface area (Å²) in [5.41, 5.74) is 10.4. The van der Waals surface area contributed by atoms with Crippen LogP contribution in [0, 0.1) is 0 Å². The molecule has 0 unspecified atom stereocenters. The normalized spacial score (nSPS) is 22.9. The maximum atomic E-state index is 6.83. The molecule has 20 heavy (non-hydrogen) atoms. The number of nitrogens with two attached hydrogens (primary N) is 1. The molecule has 0 bridgehead atoms. The third kappa shape index (κ3) is 1.74. The molecule has 0 amide bonds. The fourth-order valence-electron chi connectivity index (χ4n) is 4.01. The van der Waals surface area contributed by atoms with Gasteiger partial charge in [0.15, 0.2) is 0 Å². The molecule has 1 aromatic carbocycles. The van der Waals surface area contributed by atoms with E-state index in [-0.39, 0.29) is 5.54 Å². The number of hydrogen-bond donors (Lipinski definition) is 1. The average molecular weight is 338 g/mol. The summed E-state index contributed by atoms with van der Waals surface area (Å²) < 4.78 is 13.0. The Morgan fingerprint density at radius 1 is 0.900 bits per heavy atom. The lowest BCUT2D eigenvalue weighted by molar-refractivity contribution is 0.282. The highest BCUT2D eigenvalue weighted by Gasteiger charge is 2.40. The van der Waals surface area contributed by atoms with E-state index < -0.39 is 0 Å². The van der Waals surface area contributed by atoms with Crippen LogP contribution in [-0.2, 0) is 18.4 Å². The lowest BCUT2D eigenvalue weighted by Crippen LogP contribution is -2.39. The molecule has 0 spiro atoms. The fourth-order valence-corrected chi connectivity index (χ4v) is 4.74. The molecule has 0 radical (unpaired) electrons. The van der Waals surface area contributed by atoms with Crippen LogP contribution in [-0.4, -0.2) is 13.2 Å². The number of benzene rings is 1. The molecule has 0 saturated heterocycles. The van der Waals surface area contributed by atoms with Gasteiger partial charge in [-0.1, -0.05) is 19.3 Å². The second-order valence-electron chi connectivity index (χ2n) is 6.22. The Morgan fingerprint density at radius 2 is 1.55 bits per heavy atom. The molecule has 2 heterocycles. The minimum Gasteiger partial charge on any atom is -0.493 e. The maximum absolute atomic E-state index is 6.83. The Morgan fingerprint density at radius 3 is 2.30 bits per heavy atom.